The molecule has 0 spiro atoms. The average molecular weight is 561 g/mol. The lowest BCUT2D eigenvalue weighted by molar-refractivity contribution is 0.0200. The van der Waals surface area contributed by atoms with Gasteiger partial charge in [-0.3, -0.25) is 9.69 Å². The van der Waals surface area contributed by atoms with E-state index in [0.29, 0.717) is 11.5 Å². The first kappa shape index (κ1) is 27.3. The first-order valence-electron chi connectivity index (χ1n) is 13.2. The van der Waals surface area contributed by atoms with Gasteiger partial charge in [0.1, 0.15) is 22.3 Å². The van der Waals surface area contributed by atoms with Crippen LogP contribution in [0.5, 0.6) is 11.5 Å². The number of aromatic nitrogens is 1. The Hall–Kier alpha value is -3.27. The number of hydrogen-bond acceptors (Lipinski definition) is 7. The highest BCUT2D eigenvalue weighted by Crippen LogP contribution is 2.41. The molecule has 1 saturated carbocycles. The van der Waals surface area contributed by atoms with E-state index in [1.807, 2.05) is 31.7 Å². The number of ether oxygens (including phenoxy) is 3. The normalized spacial score (nSPS) is 20.7. The van der Waals surface area contributed by atoms with Gasteiger partial charge in [0.2, 0.25) is 0 Å². The van der Waals surface area contributed by atoms with Crippen LogP contribution >= 0.6 is 11.6 Å². The van der Waals surface area contributed by atoms with Crippen LogP contribution in [0.2, 0.25) is 5.15 Å². The molecule has 2 amide bonds. The Bertz CT molecular complexity index is 1300. The third-order valence-corrected chi connectivity index (χ3v) is 7.85. The molecule has 1 aromatic heterocycles. The van der Waals surface area contributed by atoms with Gasteiger partial charge in [-0.25, -0.2) is 14.2 Å². The standard InChI is InChI=1S/C28H34ClFN4O5/c1-28(2,3)39-27(36)34-15-33(19-8-6-7-9-20(19)34)25-23(30)18-14-32(26(35)22(18)24(29)31-25)13-16-10-11-17(37-4)12-21(16)38-5/h10-12,19-20H,6-9,13-15H2,1-5H3. The number of benzene rings is 1. The molecule has 3 aliphatic rings. The van der Waals surface area contributed by atoms with Crippen LogP contribution in [0, 0.1) is 5.82 Å². The molecule has 0 radical (unpaired) electrons. The number of methoxy groups -OCH3 is 2. The zero-order valence-corrected chi connectivity index (χ0v) is 23.7. The summed E-state index contributed by atoms with van der Waals surface area (Å²) in [6.45, 7) is 5.85. The van der Waals surface area contributed by atoms with Crippen LogP contribution in [0.25, 0.3) is 0 Å². The second-order valence-electron chi connectivity index (χ2n) is 11.2. The van der Waals surface area contributed by atoms with Crippen molar-refractivity contribution in [1.82, 2.24) is 14.8 Å². The second kappa shape index (κ2) is 10.4. The minimum absolute atomic E-state index is 0.0429. The summed E-state index contributed by atoms with van der Waals surface area (Å²) in [5.41, 5.74) is 0.395. The Morgan fingerprint density at radius 2 is 1.87 bits per heavy atom. The molecule has 39 heavy (non-hydrogen) atoms. The molecule has 5 rings (SSSR count). The van der Waals surface area contributed by atoms with E-state index in [1.54, 1.807) is 31.3 Å². The van der Waals surface area contributed by atoms with Gasteiger partial charge in [-0.15, -0.1) is 0 Å². The molecule has 2 aliphatic heterocycles. The van der Waals surface area contributed by atoms with E-state index in [0.717, 1.165) is 31.2 Å². The maximum Gasteiger partial charge on any atom is 0.412 e. The molecule has 3 heterocycles. The van der Waals surface area contributed by atoms with Crippen molar-refractivity contribution < 1.29 is 28.2 Å². The third-order valence-electron chi connectivity index (χ3n) is 7.58. The quantitative estimate of drug-likeness (QED) is 0.454. The fraction of sp³-hybridized carbons (Fsp3) is 0.536. The van der Waals surface area contributed by atoms with Gasteiger partial charge < -0.3 is 24.0 Å². The highest BCUT2D eigenvalue weighted by atomic mass is 35.5. The van der Waals surface area contributed by atoms with Gasteiger partial charge >= 0.3 is 6.09 Å². The summed E-state index contributed by atoms with van der Waals surface area (Å²) in [6, 6.07) is 5.11. The van der Waals surface area contributed by atoms with Crippen LogP contribution in [0.15, 0.2) is 18.2 Å². The SMILES string of the molecule is COc1ccc(CN2Cc3c(F)c(N4CN(C(=O)OC(C)(C)C)C5CCCCC54)nc(Cl)c3C2=O)c(OC)c1. The maximum atomic E-state index is 16.2. The lowest BCUT2D eigenvalue weighted by Crippen LogP contribution is -2.44. The van der Waals surface area contributed by atoms with E-state index in [2.05, 4.69) is 4.98 Å². The molecule has 1 aromatic carbocycles. The summed E-state index contributed by atoms with van der Waals surface area (Å²) in [6.07, 6.45) is 3.12. The molecule has 2 atom stereocenters. The summed E-state index contributed by atoms with van der Waals surface area (Å²) < 4.78 is 32.6. The van der Waals surface area contributed by atoms with Crippen molar-refractivity contribution in [3.05, 3.63) is 45.9 Å². The lowest BCUT2D eigenvalue weighted by Gasteiger charge is -2.33. The Balaban J connectivity index is 1.44. The number of nitrogens with zero attached hydrogens (tertiary/aromatic N) is 4. The fourth-order valence-corrected chi connectivity index (χ4v) is 6.07. The minimum Gasteiger partial charge on any atom is -0.497 e. The monoisotopic (exact) mass is 560 g/mol. The van der Waals surface area contributed by atoms with Crippen LogP contribution in [0.3, 0.4) is 0 Å². The summed E-state index contributed by atoms with van der Waals surface area (Å²) in [4.78, 5) is 35.8. The van der Waals surface area contributed by atoms with Gasteiger partial charge in [-0.1, -0.05) is 24.4 Å². The summed E-state index contributed by atoms with van der Waals surface area (Å²) in [5.74, 6) is 0.284. The molecular weight excluding hydrogens is 527 g/mol. The Morgan fingerprint density at radius 3 is 2.54 bits per heavy atom. The summed E-state index contributed by atoms with van der Waals surface area (Å²) >= 11 is 6.55. The maximum absolute atomic E-state index is 16.2. The van der Waals surface area contributed by atoms with E-state index in [9.17, 15) is 9.59 Å². The van der Waals surface area contributed by atoms with E-state index in [4.69, 9.17) is 25.8 Å². The number of halogens is 2. The molecule has 0 N–H and O–H groups in total. The molecule has 0 bridgehead atoms. The zero-order valence-electron chi connectivity index (χ0n) is 22.9. The molecule has 2 unspecified atom stereocenters. The van der Waals surface area contributed by atoms with Crippen molar-refractivity contribution in [1.29, 1.82) is 0 Å². The fourth-order valence-electron chi connectivity index (χ4n) is 5.79. The van der Waals surface area contributed by atoms with Gasteiger partial charge in [-0.2, -0.15) is 0 Å². The highest BCUT2D eigenvalue weighted by molar-refractivity contribution is 6.33. The smallest absolute Gasteiger partial charge is 0.412 e. The predicted octanol–water partition coefficient (Wildman–Crippen LogP) is 5.37. The van der Waals surface area contributed by atoms with Crippen LogP contribution in [-0.4, -0.2) is 65.4 Å². The number of carbonyl (C=O) groups excluding carboxylic acids is 2. The summed E-state index contributed by atoms with van der Waals surface area (Å²) in [5, 5.41) is -0.0429. The predicted molar refractivity (Wildman–Crippen MR) is 144 cm³/mol. The van der Waals surface area contributed by atoms with Crippen molar-refractivity contribution in [2.75, 3.05) is 25.8 Å². The van der Waals surface area contributed by atoms with Crippen LogP contribution in [-0.2, 0) is 17.8 Å². The van der Waals surface area contributed by atoms with Crippen molar-refractivity contribution in [3.63, 3.8) is 0 Å². The topological polar surface area (TPSA) is 84.4 Å². The van der Waals surface area contributed by atoms with Gasteiger partial charge in [0.25, 0.3) is 5.91 Å². The van der Waals surface area contributed by atoms with E-state index < -0.39 is 23.4 Å². The van der Waals surface area contributed by atoms with E-state index in [1.165, 1.54) is 4.90 Å². The number of carbonyl (C=O) groups is 2. The molecule has 210 valence electrons. The molecule has 1 saturated heterocycles. The number of anilines is 1. The van der Waals surface area contributed by atoms with Gasteiger partial charge in [0, 0.05) is 23.7 Å². The molecule has 2 fully saturated rings. The van der Waals surface area contributed by atoms with Crippen LogP contribution in [0.1, 0.15) is 67.9 Å². The van der Waals surface area contributed by atoms with E-state index >= 15 is 4.39 Å². The Morgan fingerprint density at radius 1 is 1.15 bits per heavy atom. The van der Waals surface area contributed by atoms with Crippen molar-refractivity contribution in [3.8, 4) is 11.5 Å². The average Bonchev–Trinajstić information content (AvgIpc) is 3.44. The number of rotatable bonds is 5. The first-order valence-corrected chi connectivity index (χ1v) is 13.5. The van der Waals surface area contributed by atoms with E-state index in [-0.39, 0.29) is 53.9 Å². The van der Waals surface area contributed by atoms with Gasteiger partial charge in [0.15, 0.2) is 11.6 Å². The molecule has 1 aliphatic carbocycles. The molecule has 9 nitrogen and oxygen atoms in total. The number of hydrogen-bond donors (Lipinski definition) is 0. The molecule has 2 aromatic rings. The zero-order chi connectivity index (χ0) is 28.1. The Labute approximate surface area is 232 Å². The van der Waals surface area contributed by atoms with Crippen molar-refractivity contribution in [2.24, 2.45) is 0 Å². The van der Waals surface area contributed by atoms with Gasteiger partial charge in [0.05, 0.1) is 45.1 Å². The Kier molecular flexibility index (Phi) is 7.26. The van der Waals surface area contributed by atoms with Crippen LogP contribution in [0.4, 0.5) is 15.0 Å². The third kappa shape index (κ3) is 5.06. The number of pyridine rings is 1. The molecular formula is C28H34ClFN4O5. The summed E-state index contributed by atoms with van der Waals surface area (Å²) in [7, 11) is 3.10. The number of amides is 2. The van der Waals surface area contributed by atoms with Crippen molar-refractivity contribution >= 4 is 29.4 Å². The highest BCUT2D eigenvalue weighted by Gasteiger charge is 2.47. The number of fused-ring (bicyclic) bond motifs is 2. The van der Waals surface area contributed by atoms with Crippen LogP contribution < -0.4 is 14.4 Å². The largest absolute Gasteiger partial charge is 0.497 e. The molecule has 11 heteroatoms. The lowest BCUT2D eigenvalue weighted by atomic mass is 9.90. The first-order chi connectivity index (χ1) is 18.5. The second-order valence-corrected chi connectivity index (χ2v) is 11.6. The van der Waals surface area contributed by atoms with Gasteiger partial charge in [-0.05, 0) is 45.7 Å². The minimum atomic E-state index is -0.647. The van der Waals surface area contributed by atoms with Crippen molar-refractivity contribution in [2.45, 2.75) is 77.2 Å².